The molecule has 0 bridgehead atoms. The van der Waals surface area contributed by atoms with Gasteiger partial charge in [0, 0.05) is 17.8 Å². The predicted octanol–water partition coefficient (Wildman–Crippen LogP) is 2.92. The van der Waals surface area contributed by atoms with Crippen molar-refractivity contribution in [2.75, 3.05) is 11.9 Å². The van der Waals surface area contributed by atoms with Crippen LogP contribution in [-0.2, 0) is 16.1 Å². The predicted molar refractivity (Wildman–Crippen MR) is 118 cm³/mol. The summed E-state index contributed by atoms with van der Waals surface area (Å²) < 4.78 is 6.92. The summed E-state index contributed by atoms with van der Waals surface area (Å²) in [5.74, 6) is -1.54. The summed E-state index contributed by atoms with van der Waals surface area (Å²) in [7, 11) is 0. The van der Waals surface area contributed by atoms with Crippen molar-refractivity contribution in [3.05, 3.63) is 88.1 Å². The molecule has 32 heavy (non-hydrogen) atoms. The minimum Gasteiger partial charge on any atom is -0.452 e. The highest BCUT2D eigenvalue weighted by atomic mass is 16.5. The first-order chi connectivity index (χ1) is 15.3. The molecule has 2 amide bonds. The highest BCUT2D eigenvalue weighted by molar-refractivity contribution is 5.97. The number of hydrogen-bond acceptors (Lipinski definition) is 5. The fourth-order valence-electron chi connectivity index (χ4n) is 3.25. The number of ether oxygens (including phenoxy) is 1. The van der Waals surface area contributed by atoms with Gasteiger partial charge in [0.1, 0.15) is 11.9 Å². The van der Waals surface area contributed by atoms with Crippen LogP contribution in [0.5, 0.6) is 0 Å². The largest absolute Gasteiger partial charge is 0.452 e. The zero-order valence-electron chi connectivity index (χ0n) is 17.7. The quantitative estimate of drug-likeness (QED) is 0.557. The number of nitriles is 1. The number of carbonyl (C=O) groups excluding carboxylic acids is 3. The van der Waals surface area contributed by atoms with Gasteiger partial charge < -0.3 is 20.4 Å². The molecular weight excluding hydrogens is 408 g/mol. The highest BCUT2D eigenvalue weighted by Crippen LogP contribution is 2.27. The summed E-state index contributed by atoms with van der Waals surface area (Å²) in [4.78, 5) is 35.8. The Bertz CT molecular complexity index is 1210. The molecule has 0 aliphatic rings. The van der Waals surface area contributed by atoms with Crippen LogP contribution in [0.3, 0.4) is 0 Å². The number of nitrogens with two attached hydrogens (primary N) is 1. The van der Waals surface area contributed by atoms with E-state index in [-0.39, 0.29) is 11.1 Å². The second-order valence-corrected chi connectivity index (χ2v) is 7.18. The summed E-state index contributed by atoms with van der Waals surface area (Å²) >= 11 is 0. The van der Waals surface area contributed by atoms with Crippen molar-refractivity contribution in [3.63, 3.8) is 0 Å². The topological polar surface area (TPSA) is 127 Å². The number of nitrogens with zero attached hydrogens (tertiary/aromatic N) is 2. The molecule has 0 aliphatic carbocycles. The fourth-order valence-corrected chi connectivity index (χ4v) is 3.25. The number of aromatic nitrogens is 1. The van der Waals surface area contributed by atoms with Crippen molar-refractivity contribution < 1.29 is 19.1 Å². The third-order valence-corrected chi connectivity index (χ3v) is 5.12. The Balaban J connectivity index is 1.73. The Hall–Kier alpha value is -4.38. The molecule has 0 aliphatic heterocycles. The van der Waals surface area contributed by atoms with Gasteiger partial charge in [-0.25, -0.2) is 4.79 Å². The third kappa shape index (κ3) is 4.84. The number of benzene rings is 2. The van der Waals surface area contributed by atoms with Crippen molar-refractivity contribution in [1.82, 2.24) is 4.57 Å². The first-order valence-electron chi connectivity index (χ1n) is 9.82. The minimum atomic E-state index is -0.719. The minimum absolute atomic E-state index is 0.180. The highest BCUT2D eigenvalue weighted by Gasteiger charge is 2.20. The molecule has 0 atom stereocenters. The maximum absolute atomic E-state index is 12.5. The van der Waals surface area contributed by atoms with E-state index in [1.165, 1.54) is 24.3 Å². The fraction of sp³-hybridized carbons (Fsp3) is 0.167. The SMILES string of the molecule is Cc1c(C#N)c(NC(=O)COC(=O)c2ccc(C(N)=O)cc2)n(Cc2ccccc2)c1C. The van der Waals surface area contributed by atoms with Crippen LogP contribution in [0.4, 0.5) is 5.82 Å². The number of anilines is 1. The normalized spacial score (nSPS) is 10.3. The van der Waals surface area contributed by atoms with Gasteiger partial charge in [-0.15, -0.1) is 0 Å². The zero-order valence-corrected chi connectivity index (χ0v) is 17.7. The van der Waals surface area contributed by atoms with Crippen LogP contribution < -0.4 is 11.1 Å². The van der Waals surface area contributed by atoms with Gasteiger partial charge in [0.25, 0.3) is 5.91 Å². The lowest BCUT2D eigenvalue weighted by Gasteiger charge is -2.13. The molecule has 0 unspecified atom stereocenters. The molecule has 2 aromatic carbocycles. The van der Waals surface area contributed by atoms with Gasteiger partial charge >= 0.3 is 5.97 Å². The molecule has 3 aromatic rings. The lowest BCUT2D eigenvalue weighted by Crippen LogP contribution is -2.23. The van der Waals surface area contributed by atoms with E-state index in [4.69, 9.17) is 10.5 Å². The van der Waals surface area contributed by atoms with E-state index < -0.39 is 24.4 Å². The summed E-state index contributed by atoms with van der Waals surface area (Å²) in [6, 6.07) is 17.4. The Kier molecular flexibility index (Phi) is 6.71. The Labute approximate surface area is 185 Å². The van der Waals surface area contributed by atoms with Gasteiger partial charge in [0.2, 0.25) is 5.91 Å². The summed E-state index contributed by atoms with van der Waals surface area (Å²) in [5, 5.41) is 12.3. The molecule has 8 heteroatoms. The second-order valence-electron chi connectivity index (χ2n) is 7.18. The lowest BCUT2D eigenvalue weighted by molar-refractivity contribution is -0.119. The first-order valence-corrected chi connectivity index (χ1v) is 9.82. The molecule has 0 radical (unpaired) electrons. The van der Waals surface area contributed by atoms with E-state index in [0.29, 0.717) is 17.9 Å². The van der Waals surface area contributed by atoms with Crippen molar-refractivity contribution in [1.29, 1.82) is 5.26 Å². The second kappa shape index (κ2) is 9.62. The van der Waals surface area contributed by atoms with Crippen molar-refractivity contribution in [2.45, 2.75) is 20.4 Å². The van der Waals surface area contributed by atoms with Crippen LogP contribution in [0.1, 0.15) is 43.1 Å². The van der Waals surface area contributed by atoms with E-state index >= 15 is 0 Å². The molecule has 8 nitrogen and oxygen atoms in total. The summed E-state index contributed by atoms with van der Waals surface area (Å²) in [6.07, 6.45) is 0. The molecule has 0 saturated carbocycles. The molecule has 0 saturated heterocycles. The van der Waals surface area contributed by atoms with Crippen LogP contribution in [-0.4, -0.2) is 29.0 Å². The Morgan fingerprint density at radius 3 is 2.25 bits per heavy atom. The van der Waals surface area contributed by atoms with E-state index in [9.17, 15) is 19.6 Å². The van der Waals surface area contributed by atoms with Crippen molar-refractivity contribution in [2.24, 2.45) is 5.73 Å². The Morgan fingerprint density at radius 2 is 1.66 bits per heavy atom. The van der Waals surface area contributed by atoms with Gasteiger partial charge in [-0.3, -0.25) is 9.59 Å². The number of amides is 2. The van der Waals surface area contributed by atoms with Gasteiger partial charge in [-0.05, 0) is 49.2 Å². The van der Waals surface area contributed by atoms with Crippen LogP contribution in [0.2, 0.25) is 0 Å². The zero-order chi connectivity index (χ0) is 23.3. The van der Waals surface area contributed by atoms with Gasteiger partial charge in [-0.1, -0.05) is 30.3 Å². The standard InChI is InChI=1S/C24H22N4O4/c1-15-16(2)28(13-17-6-4-3-5-7-17)23(20(15)12-25)27-21(29)14-32-24(31)19-10-8-18(9-11-19)22(26)30/h3-11H,13-14H2,1-2H3,(H2,26,30)(H,27,29). The molecule has 3 N–H and O–H groups in total. The molecule has 0 spiro atoms. The summed E-state index contributed by atoms with van der Waals surface area (Å²) in [5.41, 5.74) is 8.61. The van der Waals surface area contributed by atoms with Crippen LogP contribution in [0, 0.1) is 25.2 Å². The number of hydrogen-bond donors (Lipinski definition) is 2. The Morgan fingerprint density at radius 1 is 1.03 bits per heavy atom. The van der Waals surface area contributed by atoms with Crippen LogP contribution >= 0.6 is 0 Å². The number of primary amides is 1. The van der Waals surface area contributed by atoms with E-state index in [1.54, 1.807) is 0 Å². The van der Waals surface area contributed by atoms with Gasteiger partial charge in [-0.2, -0.15) is 5.26 Å². The average Bonchev–Trinajstić information content (AvgIpc) is 3.01. The molecule has 3 rings (SSSR count). The average molecular weight is 430 g/mol. The van der Waals surface area contributed by atoms with Gasteiger partial charge in [0.15, 0.2) is 6.61 Å². The maximum atomic E-state index is 12.5. The monoisotopic (exact) mass is 430 g/mol. The van der Waals surface area contributed by atoms with Crippen molar-refractivity contribution >= 4 is 23.6 Å². The number of esters is 1. The first kappa shape index (κ1) is 22.3. The van der Waals surface area contributed by atoms with E-state index in [0.717, 1.165) is 16.8 Å². The third-order valence-electron chi connectivity index (χ3n) is 5.12. The van der Waals surface area contributed by atoms with E-state index in [1.807, 2.05) is 48.7 Å². The number of rotatable bonds is 7. The van der Waals surface area contributed by atoms with Crippen molar-refractivity contribution in [3.8, 4) is 6.07 Å². The molecule has 1 heterocycles. The van der Waals surface area contributed by atoms with Crippen LogP contribution in [0.25, 0.3) is 0 Å². The molecule has 1 aromatic heterocycles. The molecule has 162 valence electrons. The van der Waals surface area contributed by atoms with Gasteiger partial charge in [0.05, 0.1) is 11.1 Å². The lowest BCUT2D eigenvalue weighted by atomic mass is 10.1. The summed E-state index contributed by atoms with van der Waals surface area (Å²) in [6.45, 7) is 3.64. The van der Waals surface area contributed by atoms with E-state index in [2.05, 4.69) is 11.4 Å². The number of nitrogens with one attached hydrogen (secondary N) is 1. The molecular formula is C24H22N4O4. The van der Waals surface area contributed by atoms with Crippen LogP contribution in [0.15, 0.2) is 54.6 Å². The maximum Gasteiger partial charge on any atom is 0.338 e. The smallest absolute Gasteiger partial charge is 0.338 e. The number of carbonyl (C=O) groups is 3. The molecule has 0 fully saturated rings.